The molecule has 1 fully saturated rings. The Balaban J connectivity index is 1.56. The fraction of sp³-hybridized carbons (Fsp3) is 0.391. The first-order valence-electron chi connectivity index (χ1n) is 10.2. The maximum atomic E-state index is 12.6. The van der Waals surface area contributed by atoms with E-state index in [0.717, 1.165) is 32.1 Å². The van der Waals surface area contributed by atoms with Crippen LogP contribution >= 0.6 is 11.6 Å². The monoisotopic (exact) mass is 414 g/mol. The van der Waals surface area contributed by atoms with Crippen molar-refractivity contribution in [3.05, 3.63) is 58.6 Å². The lowest BCUT2D eigenvalue weighted by Gasteiger charge is -2.23. The minimum absolute atomic E-state index is 0.113. The number of anilines is 1. The fourth-order valence-electron chi connectivity index (χ4n) is 3.45. The van der Waals surface area contributed by atoms with E-state index in [1.807, 2.05) is 24.3 Å². The Bertz CT molecular complexity index is 846. The number of carbonyl (C=O) groups excluding carboxylic acids is 2. The number of benzene rings is 2. The minimum atomic E-state index is -0.300. The quantitative estimate of drug-likeness (QED) is 0.671. The molecule has 1 aliphatic rings. The topological polar surface area (TPSA) is 67.4 Å². The van der Waals surface area contributed by atoms with Gasteiger partial charge in [-0.3, -0.25) is 9.59 Å². The summed E-state index contributed by atoms with van der Waals surface area (Å²) in [5.74, 6) is 0.136. The maximum absolute atomic E-state index is 12.6. The smallest absolute Gasteiger partial charge is 0.262 e. The zero-order chi connectivity index (χ0) is 20.6. The van der Waals surface area contributed by atoms with Gasteiger partial charge in [0.1, 0.15) is 5.75 Å². The van der Waals surface area contributed by atoms with Gasteiger partial charge in [0.05, 0.1) is 10.6 Å². The third-order valence-electron chi connectivity index (χ3n) is 5.14. The third kappa shape index (κ3) is 6.23. The molecule has 0 atom stereocenters. The van der Waals surface area contributed by atoms with E-state index in [-0.39, 0.29) is 24.5 Å². The van der Waals surface area contributed by atoms with Crippen LogP contribution in [0, 0.1) is 0 Å². The minimum Gasteiger partial charge on any atom is -0.484 e. The van der Waals surface area contributed by atoms with Gasteiger partial charge < -0.3 is 15.4 Å². The first-order chi connectivity index (χ1) is 14.0. The van der Waals surface area contributed by atoms with E-state index in [0.29, 0.717) is 22.0 Å². The van der Waals surface area contributed by atoms with Crippen molar-refractivity contribution in [1.82, 2.24) is 5.32 Å². The third-order valence-corrected chi connectivity index (χ3v) is 5.47. The Hall–Kier alpha value is -2.53. The molecule has 0 radical (unpaired) electrons. The normalized spacial score (nSPS) is 14.3. The Morgan fingerprint density at radius 2 is 1.79 bits per heavy atom. The number of aryl methyl sites for hydroxylation is 1. The standard InChI is InChI=1S/C23H27ClN2O3/c1-2-16-8-11-19(12-9-16)29-15-22(27)25-18-10-13-21(24)20(14-18)23(28)26-17-6-4-3-5-7-17/h8-14,17H,2-7,15H2,1H3,(H,25,27)(H,26,28). The Morgan fingerprint density at radius 3 is 2.48 bits per heavy atom. The molecule has 2 aromatic carbocycles. The molecule has 0 heterocycles. The summed E-state index contributed by atoms with van der Waals surface area (Å²) >= 11 is 6.21. The second-order valence-electron chi connectivity index (χ2n) is 7.34. The Morgan fingerprint density at radius 1 is 1.07 bits per heavy atom. The average molecular weight is 415 g/mol. The number of hydrogen-bond donors (Lipinski definition) is 2. The summed E-state index contributed by atoms with van der Waals surface area (Å²) in [6.07, 6.45) is 6.44. The van der Waals surface area contributed by atoms with Gasteiger partial charge in [-0.2, -0.15) is 0 Å². The highest BCUT2D eigenvalue weighted by Crippen LogP contribution is 2.23. The van der Waals surface area contributed by atoms with Crippen LogP contribution in [0.25, 0.3) is 0 Å². The first kappa shape index (κ1) is 21.2. The van der Waals surface area contributed by atoms with Crippen LogP contribution < -0.4 is 15.4 Å². The van der Waals surface area contributed by atoms with Crippen LogP contribution in [0.1, 0.15) is 54.9 Å². The SMILES string of the molecule is CCc1ccc(OCC(=O)Nc2ccc(Cl)c(C(=O)NC3CCCCC3)c2)cc1. The number of hydrogen-bond acceptors (Lipinski definition) is 3. The summed E-state index contributed by atoms with van der Waals surface area (Å²) in [7, 11) is 0. The molecular formula is C23H27ClN2O3. The van der Waals surface area contributed by atoms with Crippen LogP contribution in [-0.4, -0.2) is 24.5 Å². The molecule has 0 saturated heterocycles. The summed E-state index contributed by atoms with van der Waals surface area (Å²) in [5.41, 5.74) is 2.09. The maximum Gasteiger partial charge on any atom is 0.262 e. The highest BCUT2D eigenvalue weighted by Gasteiger charge is 2.19. The van der Waals surface area contributed by atoms with Crippen LogP contribution in [0.5, 0.6) is 5.75 Å². The Kier molecular flexibility index (Phi) is 7.53. The molecule has 2 N–H and O–H groups in total. The molecule has 0 bridgehead atoms. The van der Waals surface area contributed by atoms with Gasteiger partial charge in [-0.25, -0.2) is 0 Å². The molecule has 3 rings (SSSR count). The van der Waals surface area contributed by atoms with Gasteiger partial charge in [0, 0.05) is 11.7 Å². The first-order valence-corrected chi connectivity index (χ1v) is 10.5. The van der Waals surface area contributed by atoms with Crippen molar-refractivity contribution in [2.45, 2.75) is 51.5 Å². The van der Waals surface area contributed by atoms with E-state index < -0.39 is 0 Å². The van der Waals surface area contributed by atoms with Crippen molar-refractivity contribution in [1.29, 1.82) is 0 Å². The van der Waals surface area contributed by atoms with E-state index in [4.69, 9.17) is 16.3 Å². The molecule has 0 spiro atoms. The predicted molar refractivity (Wildman–Crippen MR) is 116 cm³/mol. The van der Waals surface area contributed by atoms with Crippen molar-refractivity contribution >= 4 is 29.1 Å². The zero-order valence-electron chi connectivity index (χ0n) is 16.7. The van der Waals surface area contributed by atoms with E-state index in [1.54, 1.807) is 18.2 Å². The molecule has 6 heteroatoms. The van der Waals surface area contributed by atoms with Crippen LogP contribution in [0.2, 0.25) is 5.02 Å². The zero-order valence-corrected chi connectivity index (χ0v) is 17.4. The van der Waals surface area contributed by atoms with Crippen molar-refractivity contribution in [3.63, 3.8) is 0 Å². The molecule has 0 aromatic heterocycles. The lowest BCUT2D eigenvalue weighted by molar-refractivity contribution is -0.118. The van der Waals surface area contributed by atoms with Crippen molar-refractivity contribution < 1.29 is 14.3 Å². The molecule has 2 aromatic rings. The van der Waals surface area contributed by atoms with Gasteiger partial charge in [0.15, 0.2) is 6.61 Å². The van der Waals surface area contributed by atoms with Crippen LogP contribution in [0.15, 0.2) is 42.5 Å². The molecule has 2 amide bonds. The number of halogens is 1. The second kappa shape index (κ2) is 10.3. The number of carbonyl (C=O) groups is 2. The Labute approximate surface area is 176 Å². The van der Waals surface area contributed by atoms with Gasteiger partial charge in [-0.1, -0.05) is 49.9 Å². The summed E-state index contributed by atoms with van der Waals surface area (Å²) in [6.45, 7) is 1.97. The number of ether oxygens (including phenoxy) is 1. The molecule has 5 nitrogen and oxygen atoms in total. The molecule has 29 heavy (non-hydrogen) atoms. The highest BCUT2D eigenvalue weighted by atomic mass is 35.5. The van der Waals surface area contributed by atoms with Crippen molar-refractivity contribution in [3.8, 4) is 5.75 Å². The van der Waals surface area contributed by atoms with E-state index in [2.05, 4.69) is 17.6 Å². The number of amides is 2. The van der Waals surface area contributed by atoms with Crippen molar-refractivity contribution in [2.24, 2.45) is 0 Å². The van der Waals surface area contributed by atoms with E-state index in [9.17, 15) is 9.59 Å². The van der Waals surface area contributed by atoms with Crippen LogP contribution in [0.3, 0.4) is 0 Å². The lowest BCUT2D eigenvalue weighted by atomic mass is 9.95. The largest absolute Gasteiger partial charge is 0.484 e. The average Bonchev–Trinajstić information content (AvgIpc) is 2.74. The van der Waals surface area contributed by atoms with Gasteiger partial charge in [-0.05, 0) is 55.2 Å². The van der Waals surface area contributed by atoms with Gasteiger partial charge in [-0.15, -0.1) is 0 Å². The fourth-order valence-corrected chi connectivity index (χ4v) is 3.66. The molecule has 1 saturated carbocycles. The van der Waals surface area contributed by atoms with Gasteiger partial charge in [0.25, 0.3) is 11.8 Å². The molecule has 1 aliphatic carbocycles. The van der Waals surface area contributed by atoms with Crippen LogP contribution in [-0.2, 0) is 11.2 Å². The molecule has 0 aliphatic heterocycles. The second-order valence-corrected chi connectivity index (χ2v) is 7.74. The van der Waals surface area contributed by atoms with E-state index >= 15 is 0 Å². The van der Waals surface area contributed by atoms with E-state index in [1.165, 1.54) is 12.0 Å². The number of rotatable bonds is 7. The summed E-state index contributed by atoms with van der Waals surface area (Å²) in [4.78, 5) is 24.8. The summed E-state index contributed by atoms with van der Waals surface area (Å²) < 4.78 is 5.52. The summed E-state index contributed by atoms with van der Waals surface area (Å²) in [5, 5.41) is 6.17. The molecule has 154 valence electrons. The van der Waals surface area contributed by atoms with Crippen molar-refractivity contribution in [2.75, 3.05) is 11.9 Å². The highest BCUT2D eigenvalue weighted by molar-refractivity contribution is 6.34. The lowest BCUT2D eigenvalue weighted by Crippen LogP contribution is -2.36. The summed E-state index contributed by atoms with van der Waals surface area (Å²) in [6, 6.07) is 12.7. The molecule has 0 unspecified atom stereocenters. The predicted octanol–water partition coefficient (Wildman–Crippen LogP) is 4.98. The molecular weight excluding hydrogens is 388 g/mol. The van der Waals surface area contributed by atoms with Crippen LogP contribution in [0.4, 0.5) is 5.69 Å². The van der Waals surface area contributed by atoms with Gasteiger partial charge >= 0.3 is 0 Å². The van der Waals surface area contributed by atoms with Gasteiger partial charge in [0.2, 0.25) is 0 Å². The number of nitrogens with one attached hydrogen (secondary N) is 2.